The molecule has 0 aliphatic rings. The molecule has 5 nitrogen and oxygen atoms in total. The highest BCUT2D eigenvalue weighted by molar-refractivity contribution is 7.13. The summed E-state index contributed by atoms with van der Waals surface area (Å²) in [6.45, 7) is 6.11. The van der Waals surface area contributed by atoms with Crippen LogP contribution in [0, 0.1) is 5.92 Å². The topological polar surface area (TPSA) is 55.3 Å². The summed E-state index contributed by atoms with van der Waals surface area (Å²) in [5.41, 5.74) is 1.64. The van der Waals surface area contributed by atoms with E-state index in [-0.39, 0.29) is 5.91 Å². The van der Waals surface area contributed by atoms with E-state index >= 15 is 0 Å². The lowest BCUT2D eigenvalue weighted by molar-refractivity contribution is -0.131. The van der Waals surface area contributed by atoms with Gasteiger partial charge >= 0.3 is 0 Å². The van der Waals surface area contributed by atoms with Crippen molar-refractivity contribution >= 4 is 17.2 Å². The Morgan fingerprint density at radius 2 is 2.22 bits per heavy atom. The van der Waals surface area contributed by atoms with Crippen LogP contribution in [0.2, 0.25) is 0 Å². The first-order valence-electron chi connectivity index (χ1n) is 7.72. The quantitative estimate of drug-likeness (QED) is 0.745. The van der Waals surface area contributed by atoms with Crippen LogP contribution in [-0.4, -0.2) is 47.6 Å². The molecule has 0 saturated carbocycles. The van der Waals surface area contributed by atoms with Gasteiger partial charge in [0.25, 0.3) is 0 Å². The number of thiazole rings is 1. The van der Waals surface area contributed by atoms with Gasteiger partial charge < -0.3 is 9.64 Å². The molecule has 0 fully saturated rings. The van der Waals surface area contributed by atoms with Gasteiger partial charge in [0.1, 0.15) is 5.01 Å². The Labute approximate surface area is 141 Å². The first kappa shape index (κ1) is 17.6. The summed E-state index contributed by atoms with van der Waals surface area (Å²) < 4.78 is 5.10. The summed E-state index contributed by atoms with van der Waals surface area (Å²) >= 11 is 1.52. The zero-order valence-corrected chi connectivity index (χ0v) is 14.7. The van der Waals surface area contributed by atoms with Crippen molar-refractivity contribution < 1.29 is 9.53 Å². The van der Waals surface area contributed by atoms with E-state index in [1.165, 1.54) is 11.3 Å². The molecule has 2 aromatic rings. The van der Waals surface area contributed by atoms with Crippen molar-refractivity contribution in [1.29, 1.82) is 0 Å². The molecule has 0 saturated heterocycles. The molecule has 0 aliphatic heterocycles. The van der Waals surface area contributed by atoms with Gasteiger partial charge in [-0.1, -0.05) is 19.9 Å². The van der Waals surface area contributed by atoms with Gasteiger partial charge in [0.05, 0.1) is 24.4 Å². The van der Waals surface area contributed by atoms with Gasteiger partial charge in [-0.25, -0.2) is 4.98 Å². The van der Waals surface area contributed by atoms with Crippen LogP contribution in [0.4, 0.5) is 0 Å². The smallest absolute Gasteiger partial charge is 0.228 e. The molecule has 124 valence electrons. The molecule has 0 spiro atoms. The van der Waals surface area contributed by atoms with E-state index < -0.39 is 0 Å². The monoisotopic (exact) mass is 333 g/mol. The number of aromatic nitrogens is 2. The predicted octanol–water partition coefficient (Wildman–Crippen LogP) is 2.88. The Morgan fingerprint density at radius 3 is 2.87 bits per heavy atom. The molecule has 1 amide bonds. The number of ether oxygens (including phenoxy) is 1. The fraction of sp³-hybridized carbons (Fsp3) is 0.471. The van der Waals surface area contributed by atoms with Crippen molar-refractivity contribution in [2.75, 3.05) is 26.8 Å². The third kappa shape index (κ3) is 5.41. The molecule has 0 bridgehead atoms. The van der Waals surface area contributed by atoms with E-state index in [1.807, 2.05) is 28.5 Å². The fourth-order valence-corrected chi connectivity index (χ4v) is 3.02. The number of nitrogens with zero attached hydrogens (tertiary/aromatic N) is 3. The average molecular weight is 333 g/mol. The van der Waals surface area contributed by atoms with E-state index in [9.17, 15) is 4.79 Å². The van der Waals surface area contributed by atoms with Gasteiger partial charge in [0.15, 0.2) is 0 Å². The third-order valence-electron chi connectivity index (χ3n) is 3.27. The van der Waals surface area contributed by atoms with E-state index in [1.54, 1.807) is 13.3 Å². The minimum atomic E-state index is 0.0913. The van der Waals surface area contributed by atoms with E-state index in [0.717, 1.165) is 22.9 Å². The predicted molar refractivity (Wildman–Crippen MR) is 92.3 cm³/mol. The molecule has 2 rings (SSSR count). The minimum Gasteiger partial charge on any atom is -0.383 e. The first-order chi connectivity index (χ1) is 11.1. The molecular formula is C17H23N3O2S. The van der Waals surface area contributed by atoms with E-state index in [0.29, 0.717) is 25.5 Å². The lowest BCUT2D eigenvalue weighted by Crippen LogP contribution is -2.37. The second-order valence-corrected chi connectivity index (χ2v) is 6.62. The number of pyridine rings is 1. The van der Waals surface area contributed by atoms with Crippen LogP contribution in [0.25, 0.3) is 10.7 Å². The van der Waals surface area contributed by atoms with Crippen LogP contribution >= 0.6 is 11.3 Å². The molecule has 0 aromatic carbocycles. The largest absolute Gasteiger partial charge is 0.383 e. The molecule has 2 heterocycles. The SMILES string of the molecule is COCCN(CC(C)C)C(=O)Cc1csc(-c2ccccn2)n1. The Kier molecular flexibility index (Phi) is 6.67. The summed E-state index contributed by atoms with van der Waals surface area (Å²) in [4.78, 5) is 23.2. The average Bonchev–Trinajstić information content (AvgIpc) is 3.00. The highest BCUT2D eigenvalue weighted by Crippen LogP contribution is 2.21. The molecule has 0 N–H and O–H groups in total. The van der Waals surface area contributed by atoms with Crippen LogP contribution in [-0.2, 0) is 16.0 Å². The van der Waals surface area contributed by atoms with Gasteiger partial charge in [0, 0.05) is 31.8 Å². The summed E-state index contributed by atoms with van der Waals surface area (Å²) in [5, 5.41) is 2.78. The van der Waals surface area contributed by atoms with Gasteiger partial charge in [0.2, 0.25) is 5.91 Å². The van der Waals surface area contributed by atoms with Crippen molar-refractivity contribution in [2.24, 2.45) is 5.92 Å². The number of methoxy groups -OCH3 is 1. The standard InChI is InChI=1S/C17H23N3O2S/c1-13(2)11-20(8-9-22-3)16(21)10-14-12-23-17(19-14)15-6-4-5-7-18-15/h4-7,12-13H,8-11H2,1-3H3. The molecule has 2 aromatic heterocycles. The van der Waals surface area contributed by atoms with Crippen molar-refractivity contribution in [3.05, 3.63) is 35.5 Å². The molecule has 23 heavy (non-hydrogen) atoms. The van der Waals surface area contributed by atoms with E-state index in [2.05, 4.69) is 23.8 Å². The lowest BCUT2D eigenvalue weighted by atomic mass is 10.2. The van der Waals surface area contributed by atoms with Crippen LogP contribution < -0.4 is 0 Å². The molecule has 6 heteroatoms. The number of hydrogen-bond acceptors (Lipinski definition) is 5. The summed E-state index contributed by atoms with van der Waals surface area (Å²) in [6, 6.07) is 5.74. The molecule has 0 radical (unpaired) electrons. The molecule has 0 atom stereocenters. The number of amides is 1. The Hall–Kier alpha value is -1.79. The van der Waals surface area contributed by atoms with Crippen molar-refractivity contribution in [3.8, 4) is 10.7 Å². The van der Waals surface area contributed by atoms with Crippen LogP contribution in [0.5, 0.6) is 0 Å². The normalized spacial score (nSPS) is 11.0. The molecule has 0 unspecified atom stereocenters. The highest BCUT2D eigenvalue weighted by atomic mass is 32.1. The number of carbonyl (C=O) groups is 1. The zero-order valence-electron chi connectivity index (χ0n) is 13.9. The number of hydrogen-bond donors (Lipinski definition) is 0. The second kappa shape index (κ2) is 8.74. The number of carbonyl (C=O) groups excluding carboxylic acids is 1. The maximum absolute atomic E-state index is 12.5. The Balaban J connectivity index is 2.02. The van der Waals surface area contributed by atoms with E-state index in [4.69, 9.17) is 4.74 Å². The van der Waals surface area contributed by atoms with Gasteiger partial charge in [-0.15, -0.1) is 11.3 Å². The first-order valence-corrected chi connectivity index (χ1v) is 8.60. The Morgan fingerprint density at radius 1 is 1.39 bits per heavy atom. The van der Waals surface area contributed by atoms with Gasteiger partial charge in [-0.2, -0.15) is 0 Å². The summed E-state index contributed by atoms with van der Waals surface area (Å²) in [7, 11) is 1.65. The minimum absolute atomic E-state index is 0.0913. The van der Waals surface area contributed by atoms with Crippen LogP contribution in [0.1, 0.15) is 19.5 Å². The zero-order chi connectivity index (χ0) is 16.7. The van der Waals surface area contributed by atoms with Crippen molar-refractivity contribution in [3.63, 3.8) is 0 Å². The maximum Gasteiger partial charge on any atom is 0.228 e. The summed E-state index contributed by atoms with van der Waals surface area (Å²) in [6.07, 6.45) is 2.07. The van der Waals surface area contributed by atoms with Gasteiger partial charge in [-0.3, -0.25) is 9.78 Å². The van der Waals surface area contributed by atoms with Gasteiger partial charge in [-0.05, 0) is 18.1 Å². The van der Waals surface area contributed by atoms with Crippen molar-refractivity contribution in [1.82, 2.24) is 14.9 Å². The molecule has 0 aliphatic carbocycles. The number of rotatable bonds is 8. The van der Waals surface area contributed by atoms with Crippen molar-refractivity contribution in [2.45, 2.75) is 20.3 Å². The summed E-state index contributed by atoms with van der Waals surface area (Å²) in [5.74, 6) is 0.518. The second-order valence-electron chi connectivity index (χ2n) is 5.76. The highest BCUT2D eigenvalue weighted by Gasteiger charge is 2.17. The third-order valence-corrected chi connectivity index (χ3v) is 4.19. The maximum atomic E-state index is 12.5. The molecular weight excluding hydrogens is 310 g/mol. The lowest BCUT2D eigenvalue weighted by Gasteiger charge is -2.24. The fourth-order valence-electron chi connectivity index (χ4n) is 2.22. The van der Waals surface area contributed by atoms with Crippen LogP contribution in [0.3, 0.4) is 0 Å². The van der Waals surface area contributed by atoms with Crippen LogP contribution in [0.15, 0.2) is 29.8 Å². The Bertz CT molecular complexity index is 613.